The van der Waals surface area contributed by atoms with Crippen LogP contribution in [0.5, 0.6) is 0 Å². The Balaban J connectivity index is 1.02. The highest BCUT2D eigenvalue weighted by Gasteiger charge is 2.56. The van der Waals surface area contributed by atoms with Crippen molar-refractivity contribution in [3.05, 3.63) is 71.4 Å². The summed E-state index contributed by atoms with van der Waals surface area (Å²) in [7, 11) is 2.58. The van der Waals surface area contributed by atoms with Crippen molar-refractivity contribution >= 4 is 35.0 Å². The largest absolute Gasteiger partial charge is 0.453 e. The molecule has 14 heteroatoms. The number of imidazole rings is 2. The molecule has 2 saturated heterocycles. The maximum atomic E-state index is 13.7. The Morgan fingerprint density at radius 2 is 1.47 bits per heavy atom. The number of piperidine rings is 1. The molecule has 14 nitrogen and oxygen atoms in total. The Hall–Kier alpha value is -5.84. The molecule has 4 N–H and O–H groups in total. The second-order valence-corrected chi connectivity index (χ2v) is 15.4. The van der Waals surface area contributed by atoms with Gasteiger partial charge in [0.05, 0.1) is 49.2 Å². The van der Waals surface area contributed by atoms with Crippen LogP contribution >= 0.6 is 0 Å². The first-order valence-electron chi connectivity index (χ1n) is 18.9. The molecule has 4 heterocycles. The van der Waals surface area contributed by atoms with Gasteiger partial charge in [0, 0.05) is 24.2 Å². The molecule has 0 bridgehead atoms. The number of amides is 4. The van der Waals surface area contributed by atoms with E-state index in [-0.39, 0.29) is 35.7 Å². The number of nitrogens with one attached hydrogen (secondary N) is 4. The molecule has 288 valence electrons. The summed E-state index contributed by atoms with van der Waals surface area (Å²) >= 11 is 0. The smallest absolute Gasteiger partial charge is 0.407 e. The van der Waals surface area contributed by atoms with Crippen LogP contribution in [-0.2, 0) is 19.1 Å². The fourth-order valence-corrected chi connectivity index (χ4v) is 7.89. The number of benzene rings is 2. The average molecular weight is 749 g/mol. The molecule has 0 spiro atoms. The normalized spacial score (nSPS) is 21.2. The van der Waals surface area contributed by atoms with Gasteiger partial charge in [-0.3, -0.25) is 9.59 Å². The van der Waals surface area contributed by atoms with Gasteiger partial charge in [-0.05, 0) is 78.8 Å². The van der Waals surface area contributed by atoms with Gasteiger partial charge in [-0.25, -0.2) is 19.6 Å². The molecule has 1 saturated carbocycles. The van der Waals surface area contributed by atoms with Crippen molar-refractivity contribution in [3.63, 3.8) is 0 Å². The van der Waals surface area contributed by atoms with Gasteiger partial charge in [-0.15, -0.1) is 0 Å². The van der Waals surface area contributed by atoms with Crippen molar-refractivity contribution in [2.75, 3.05) is 27.3 Å². The Kier molecular flexibility index (Phi) is 10.6. The number of fused-ring (bicyclic) bond motifs is 2. The highest BCUT2D eigenvalue weighted by Crippen LogP contribution is 2.56. The van der Waals surface area contributed by atoms with E-state index < -0.39 is 24.3 Å². The van der Waals surface area contributed by atoms with E-state index in [0.717, 1.165) is 58.5 Å². The fraction of sp³-hybridized carbons (Fsp3) is 0.463. The summed E-state index contributed by atoms with van der Waals surface area (Å²) in [6.07, 6.45) is 3.20. The van der Waals surface area contributed by atoms with Crippen molar-refractivity contribution in [1.29, 1.82) is 0 Å². The molecule has 0 radical (unpaired) electrons. The number of hydrogen-bond donors (Lipinski definition) is 4. The maximum absolute atomic E-state index is 13.7. The van der Waals surface area contributed by atoms with Crippen LogP contribution in [0.4, 0.5) is 9.59 Å². The maximum Gasteiger partial charge on any atom is 0.407 e. The van der Waals surface area contributed by atoms with Gasteiger partial charge < -0.3 is 39.9 Å². The van der Waals surface area contributed by atoms with Crippen LogP contribution < -0.4 is 10.6 Å². The number of rotatable bonds is 9. The number of methoxy groups -OCH3 is 2. The number of carbonyl (C=O) groups excluding carboxylic acids is 4. The Bertz CT molecular complexity index is 2150. The zero-order valence-electron chi connectivity index (χ0n) is 32.0. The van der Waals surface area contributed by atoms with Gasteiger partial charge >= 0.3 is 12.2 Å². The third-order valence-corrected chi connectivity index (χ3v) is 11.0. The molecule has 6 atom stereocenters. The lowest BCUT2D eigenvalue weighted by atomic mass is 10.0. The molecule has 2 aromatic heterocycles. The Labute approximate surface area is 320 Å². The highest BCUT2D eigenvalue weighted by molar-refractivity contribution is 5.87. The molecule has 3 fully saturated rings. The van der Waals surface area contributed by atoms with Crippen molar-refractivity contribution in [2.24, 2.45) is 23.7 Å². The van der Waals surface area contributed by atoms with Crippen LogP contribution in [0.15, 0.2) is 48.7 Å². The second kappa shape index (κ2) is 15.5. The number of ether oxygens (including phenoxy) is 2. The minimum absolute atomic E-state index is 0.106. The number of hydrogen-bond acceptors (Lipinski definition) is 8. The highest BCUT2D eigenvalue weighted by atomic mass is 16.5. The van der Waals surface area contributed by atoms with Crippen LogP contribution in [0.3, 0.4) is 0 Å². The summed E-state index contributed by atoms with van der Waals surface area (Å²) in [5, 5.41) is 5.40. The summed E-state index contributed by atoms with van der Waals surface area (Å²) in [5.41, 5.74) is 5.10. The molecule has 0 unspecified atom stereocenters. The van der Waals surface area contributed by atoms with Gasteiger partial charge in [-0.1, -0.05) is 51.7 Å². The van der Waals surface area contributed by atoms with Crippen molar-refractivity contribution < 1.29 is 28.7 Å². The van der Waals surface area contributed by atoms with Gasteiger partial charge in [0.25, 0.3) is 0 Å². The van der Waals surface area contributed by atoms with E-state index in [2.05, 4.69) is 37.4 Å². The van der Waals surface area contributed by atoms with Gasteiger partial charge in [-0.2, -0.15) is 0 Å². The average Bonchev–Trinajstić information content (AvgIpc) is 3.68. The fourth-order valence-electron chi connectivity index (χ4n) is 7.89. The third-order valence-electron chi connectivity index (χ3n) is 11.0. The predicted octanol–water partition coefficient (Wildman–Crippen LogP) is 5.30. The summed E-state index contributed by atoms with van der Waals surface area (Å²) in [5.74, 6) is 8.28. The summed E-state index contributed by atoms with van der Waals surface area (Å²) in [6, 6.07) is 12.0. The number of alkyl carbamates (subject to hydrolysis) is 2. The molecular weight excluding hydrogens is 701 g/mol. The van der Waals surface area contributed by atoms with Gasteiger partial charge in [0.15, 0.2) is 0 Å². The molecule has 2 aromatic carbocycles. The molecule has 4 aromatic rings. The first kappa shape index (κ1) is 37.5. The number of likely N-dealkylation sites (tertiary alicyclic amines) is 2. The Morgan fingerprint density at radius 1 is 0.836 bits per heavy atom. The number of aromatic nitrogens is 4. The predicted molar refractivity (Wildman–Crippen MR) is 204 cm³/mol. The zero-order chi connectivity index (χ0) is 39.0. The number of aromatic amines is 2. The van der Waals surface area contributed by atoms with Crippen LogP contribution in [-0.4, -0.2) is 93.1 Å². The lowest BCUT2D eigenvalue weighted by Crippen LogP contribution is -2.51. The van der Waals surface area contributed by atoms with E-state index in [9.17, 15) is 19.2 Å². The first-order chi connectivity index (χ1) is 26.4. The van der Waals surface area contributed by atoms with Crippen LogP contribution in [0.25, 0.3) is 22.3 Å². The molecule has 4 amide bonds. The van der Waals surface area contributed by atoms with E-state index in [1.54, 1.807) is 11.1 Å². The number of carbonyl (C=O) groups is 4. The molecule has 55 heavy (non-hydrogen) atoms. The standard InChI is InChI=1S/C41H48N8O6/c1-22(2)33(46-40(52)54-5)38(50)48-17-7-8-32(48)36-42-20-31(45-36)26-14-11-24(12-15-26)9-10-25-13-16-29-30(18-25)44-37(43-29)35-28-19-27(28)21-49(35)39(51)34(23(3)4)47-41(53)55-6/h11-16,18,20,22-23,27-28,32-35H,7-8,17,19,21H2,1-6H3,(H,42,45)(H,43,44)(H,46,52)(H,47,53)/t27-,28-,32-,33-,34-,35-/m0/s1. The lowest BCUT2D eigenvalue weighted by molar-refractivity contribution is -0.136. The topological polar surface area (TPSA) is 175 Å². The summed E-state index contributed by atoms with van der Waals surface area (Å²) < 4.78 is 9.53. The summed E-state index contributed by atoms with van der Waals surface area (Å²) in [6.45, 7) is 8.84. The van der Waals surface area contributed by atoms with E-state index in [1.807, 2.05) is 75.1 Å². The van der Waals surface area contributed by atoms with E-state index >= 15 is 0 Å². The van der Waals surface area contributed by atoms with Crippen molar-refractivity contribution in [3.8, 4) is 23.1 Å². The first-order valence-corrected chi connectivity index (χ1v) is 18.9. The van der Waals surface area contributed by atoms with Gasteiger partial charge in [0.1, 0.15) is 23.7 Å². The van der Waals surface area contributed by atoms with Gasteiger partial charge in [0.2, 0.25) is 11.8 Å². The van der Waals surface area contributed by atoms with E-state index in [0.29, 0.717) is 30.7 Å². The van der Waals surface area contributed by atoms with E-state index in [4.69, 9.17) is 14.5 Å². The number of H-pyrrole nitrogens is 2. The minimum Gasteiger partial charge on any atom is -0.453 e. The third kappa shape index (κ3) is 7.74. The molecule has 2 aliphatic heterocycles. The second-order valence-electron chi connectivity index (χ2n) is 15.4. The SMILES string of the molecule is COC(=O)N[C@H](C(=O)N1C[C@@H]2C[C@@H]2[C@H]1c1nc2ccc(C#Cc3ccc(-c4cnc([C@@H]5CCCN5C(=O)[C@@H](NC(=O)OC)C(C)C)[nH]4)cc3)cc2[nH]1)C(C)C. The van der Waals surface area contributed by atoms with Crippen molar-refractivity contribution in [2.45, 2.75) is 71.1 Å². The summed E-state index contributed by atoms with van der Waals surface area (Å²) in [4.78, 5) is 71.3. The molecular formula is C41H48N8O6. The number of nitrogens with zero attached hydrogens (tertiary/aromatic N) is 4. The zero-order valence-corrected chi connectivity index (χ0v) is 32.0. The molecule has 3 aliphatic rings. The van der Waals surface area contributed by atoms with E-state index in [1.165, 1.54) is 14.2 Å². The molecule has 7 rings (SSSR count). The monoisotopic (exact) mass is 748 g/mol. The Morgan fingerprint density at radius 3 is 2.13 bits per heavy atom. The van der Waals surface area contributed by atoms with Crippen LogP contribution in [0, 0.1) is 35.5 Å². The van der Waals surface area contributed by atoms with Crippen LogP contribution in [0.1, 0.15) is 81.8 Å². The van der Waals surface area contributed by atoms with Crippen molar-refractivity contribution in [1.82, 2.24) is 40.4 Å². The minimum atomic E-state index is -0.692. The lowest BCUT2D eigenvalue weighted by Gasteiger charge is -2.31. The molecule has 1 aliphatic carbocycles. The van der Waals surface area contributed by atoms with Crippen LogP contribution in [0.2, 0.25) is 0 Å². The quantitative estimate of drug-likeness (QED) is 0.167.